The fourth-order valence-electron chi connectivity index (χ4n) is 1.33. The van der Waals surface area contributed by atoms with E-state index in [1.54, 1.807) is 41.7 Å². The molecule has 0 aliphatic carbocycles. The van der Waals surface area contributed by atoms with Gasteiger partial charge in [0.2, 0.25) is 5.91 Å². The third-order valence-electron chi connectivity index (χ3n) is 2.09. The maximum atomic E-state index is 11.7. The van der Waals surface area contributed by atoms with Crippen LogP contribution in [0.4, 0.5) is 5.69 Å². The lowest BCUT2D eigenvalue weighted by Gasteiger charge is -2.01. The molecule has 0 fully saturated rings. The molecular weight excluding hydrogens is 334 g/mol. The molecule has 1 heterocycles. The van der Waals surface area contributed by atoms with Crippen molar-refractivity contribution in [2.45, 2.75) is 0 Å². The van der Waals surface area contributed by atoms with Crippen molar-refractivity contribution in [2.24, 2.45) is 0 Å². The van der Waals surface area contributed by atoms with Crippen LogP contribution < -0.4 is 5.32 Å². The summed E-state index contributed by atoms with van der Waals surface area (Å²) in [7, 11) is 0. The summed E-state index contributed by atoms with van der Waals surface area (Å²) < 4.78 is 1.04. The predicted octanol–water partition coefficient (Wildman–Crippen LogP) is 4.82. The van der Waals surface area contributed by atoms with Gasteiger partial charge in [-0.1, -0.05) is 17.7 Å². The van der Waals surface area contributed by atoms with E-state index in [-0.39, 0.29) is 5.91 Å². The highest BCUT2D eigenvalue weighted by Gasteiger charge is 1.99. The number of carbonyl (C=O) groups excluding carboxylic acids is 1. The van der Waals surface area contributed by atoms with Crippen molar-refractivity contribution in [1.82, 2.24) is 0 Å². The Hall–Kier alpha value is -1.10. The van der Waals surface area contributed by atoms with E-state index in [1.165, 1.54) is 6.08 Å². The van der Waals surface area contributed by atoms with E-state index < -0.39 is 0 Å². The summed E-state index contributed by atoms with van der Waals surface area (Å²) in [5, 5.41) is 3.34. The highest BCUT2D eigenvalue weighted by Crippen LogP contribution is 2.23. The first-order chi connectivity index (χ1) is 8.63. The highest BCUT2D eigenvalue weighted by atomic mass is 79.9. The number of amides is 1. The van der Waals surface area contributed by atoms with Crippen LogP contribution in [0.2, 0.25) is 5.02 Å². The van der Waals surface area contributed by atoms with Gasteiger partial charge in [0.25, 0.3) is 0 Å². The van der Waals surface area contributed by atoms with Crippen molar-refractivity contribution in [3.63, 3.8) is 0 Å². The third-order valence-corrected chi connectivity index (χ3v) is 3.91. The van der Waals surface area contributed by atoms with Gasteiger partial charge in [-0.3, -0.25) is 4.79 Å². The van der Waals surface area contributed by atoms with Gasteiger partial charge in [-0.25, -0.2) is 0 Å². The number of hydrogen-bond acceptors (Lipinski definition) is 2. The molecule has 0 radical (unpaired) electrons. The molecule has 0 aliphatic rings. The van der Waals surface area contributed by atoms with Crippen LogP contribution in [0.25, 0.3) is 6.08 Å². The van der Waals surface area contributed by atoms with Crippen LogP contribution in [0.15, 0.2) is 46.3 Å². The fourth-order valence-corrected chi connectivity index (χ4v) is 2.84. The van der Waals surface area contributed by atoms with Crippen molar-refractivity contribution < 1.29 is 4.79 Å². The molecular formula is C13H9BrClNOS. The number of benzene rings is 1. The zero-order valence-corrected chi connectivity index (χ0v) is 12.3. The Labute approximate surface area is 122 Å². The topological polar surface area (TPSA) is 29.1 Å². The highest BCUT2D eigenvalue weighted by molar-refractivity contribution is 9.11. The van der Waals surface area contributed by atoms with Crippen molar-refractivity contribution >= 4 is 56.5 Å². The number of carbonyl (C=O) groups is 1. The number of anilines is 1. The number of halogens is 2. The van der Waals surface area contributed by atoms with Gasteiger partial charge < -0.3 is 5.32 Å². The van der Waals surface area contributed by atoms with Crippen molar-refractivity contribution in [3.8, 4) is 0 Å². The Morgan fingerprint density at radius 2 is 2.17 bits per heavy atom. The van der Waals surface area contributed by atoms with Gasteiger partial charge in [-0.2, -0.15) is 0 Å². The van der Waals surface area contributed by atoms with Crippen molar-refractivity contribution in [3.05, 3.63) is 56.2 Å². The summed E-state index contributed by atoms with van der Waals surface area (Å²) in [5.74, 6) is -0.179. The SMILES string of the molecule is O=C(/C=C/c1ccc(Br)s1)Nc1cccc(Cl)c1. The molecule has 0 saturated heterocycles. The molecule has 0 aliphatic heterocycles. The van der Waals surface area contributed by atoms with Gasteiger partial charge in [0.05, 0.1) is 3.79 Å². The molecule has 1 N–H and O–H groups in total. The molecule has 0 bridgehead atoms. The molecule has 0 spiro atoms. The average Bonchev–Trinajstić information content (AvgIpc) is 2.73. The lowest BCUT2D eigenvalue weighted by molar-refractivity contribution is -0.111. The fraction of sp³-hybridized carbons (Fsp3) is 0. The number of nitrogens with one attached hydrogen (secondary N) is 1. The summed E-state index contributed by atoms with van der Waals surface area (Å²) in [4.78, 5) is 12.7. The Morgan fingerprint density at radius 1 is 1.33 bits per heavy atom. The van der Waals surface area contributed by atoms with E-state index in [9.17, 15) is 4.79 Å². The molecule has 1 amide bonds. The van der Waals surface area contributed by atoms with Gasteiger partial charge in [0.1, 0.15) is 0 Å². The second-order valence-corrected chi connectivity index (χ2v) is 6.41. The molecule has 92 valence electrons. The molecule has 5 heteroatoms. The van der Waals surface area contributed by atoms with Gasteiger partial charge >= 0.3 is 0 Å². The second-order valence-electron chi connectivity index (χ2n) is 3.47. The Morgan fingerprint density at radius 3 is 2.83 bits per heavy atom. The first-order valence-corrected chi connectivity index (χ1v) is 7.12. The molecule has 0 atom stereocenters. The van der Waals surface area contributed by atoms with Gasteiger partial charge in [0.15, 0.2) is 0 Å². The standard InChI is InChI=1S/C13H9BrClNOS/c14-12-6-4-11(18-12)5-7-13(17)16-10-3-1-2-9(15)8-10/h1-8H,(H,16,17)/b7-5+. The van der Waals surface area contributed by atoms with E-state index in [4.69, 9.17) is 11.6 Å². The van der Waals surface area contributed by atoms with Gasteiger partial charge in [-0.15, -0.1) is 11.3 Å². The third kappa shape index (κ3) is 3.98. The minimum Gasteiger partial charge on any atom is -0.322 e. The smallest absolute Gasteiger partial charge is 0.248 e. The maximum Gasteiger partial charge on any atom is 0.248 e. The quantitative estimate of drug-likeness (QED) is 0.796. The second kappa shape index (κ2) is 6.18. The van der Waals surface area contributed by atoms with Crippen LogP contribution in [0.1, 0.15) is 4.88 Å². The van der Waals surface area contributed by atoms with E-state index in [0.717, 1.165) is 8.66 Å². The van der Waals surface area contributed by atoms with Crippen LogP contribution in [-0.2, 0) is 4.79 Å². The molecule has 2 nitrogen and oxygen atoms in total. The number of rotatable bonds is 3. The Balaban J connectivity index is 1.98. The van der Waals surface area contributed by atoms with Gasteiger partial charge in [-0.05, 0) is 52.3 Å². The zero-order chi connectivity index (χ0) is 13.0. The minimum absolute atomic E-state index is 0.179. The molecule has 1 aromatic carbocycles. The average molecular weight is 343 g/mol. The Bertz CT molecular complexity index is 594. The molecule has 0 unspecified atom stereocenters. The monoisotopic (exact) mass is 341 g/mol. The van der Waals surface area contributed by atoms with Crippen LogP contribution in [0, 0.1) is 0 Å². The molecule has 0 saturated carbocycles. The summed E-state index contributed by atoms with van der Waals surface area (Å²) in [6, 6.07) is 10.9. The normalized spacial score (nSPS) is 10.8. The predicted molar refractivity (Wildman–Crippen MR) is 81.1 cm³/mol. The van der Waals surface area contributed by atoms with Crippen LogP contribution >= 0.6 is 38.9 Å². The summed E-state index contributed by atoms with van der Waals surface area (Å²) >= 11 is 10.8. The minimum atomic E-state index is -0.179. The largest absolute Gasteiger partial charge is 0.322 e. The number of thiophene rings is 1. The Kier molecular flexibility index (Phi) is 4.58. The van der Waals surface area contributed by atoms with Crippen LogP contribution in [0.3, 0.4) is 0 Å². The van der Waals surface area contributed by atoms with Crippen LogP contribution in [-0.4, -0.2) is 5.91 Å². The first-order valence-electron chi connectivity index (χ1n) is 5.13. The number of hydrogen-bond donors (Lipinski definition) is 1. The molecule has 1 aromatic heterocycles. The van der Waals surface area contributed by atoms with E-state index in [0.29, 0.717) is 10.7 Å². The van der Waals surface area contributed by atoms with Crippen LogP contribution in [0.5, 0.6) is 0 Å². The first kappa shape index (κ1) is 13.3. The molecule has 2 aromatic rings. The van der Waals surface area contributed by atoms with E-state index in [2.05, 4.69) is 21.2 Å². The molecule has 18 heavy (non-hydrogen) atoms. The van der Waals surface area contributed by atoms with E-state index in [1.807, 2.05) is 12.1 Å². The molecule has 2 rings (SSSR count). The summed E-state index contributed by atoms with van der Waals surface area (Å²) in [6.45, 7) is 0. The summed E-state index contributed by atoms with van der Waals surface area (Å²) in [6.07, 6.45) is 3.27. The van der Waals surface area contributed by atoms with Gasteiger partial charge in [0, 0.05) is 21.7 Å². The van der Waals surface area contributed by atoms with E-state index >= 15 is 0 Å². The maximum absolute atomic E-state index is 11.7. The zero-order valence-electron chi connectivity index (χ0n) is 9.19. The lowest BCUT2D eigenvalue weighted by atomic mass is 10.3. The van der Waals surface area contributed by atoms with Crippen molar-refractivity contribution in [1.29, 1.82) is 0 Å². The lowest BCUT2D eigenvalue weighted by Crippen LogP contribution is -2.07. The van der Waals surface area contributed by atoms with Crippen molar-refractivity contribution in [2.75, 3.05) is 5.32 Å². The summed E-state index contributed by atoms with van der Waals surface area (Å²) in [5.41, 5.74) is 0.685.